The van der Waals surface area contributed by atoms with E-state index in [-0.39, 0.29) is 30.6 Å². The van der Waals surface area contributed by atoms with Crippen molar-refractivity contribution in [1.82, 2.24) is 5.32 Å². The fourth-order valence-corrected chi connectivity index (χ4v) is 2.10. The predicted molar refractivity (Wildman–Crippen MR) is 57.5 cm³/mol. The standard InChI is InChI=1S/C11H21NO3/c1-3-15-7-10(14)12-9-5-4-6-11(9,2)8-13/h9,13H,3-8H2,1-2H3,(H,12,14). The number of aliphatic hydroxyl groups is 1. The number of nitrogens with one attached hydrogen (secondary N) is 1. The van der Waals surface area contributed by atoms with E-state index in [4.69, 9.17) is 4.74 Å². The van der Waals surface area contributed by atoms with Crippen molar-refractivity contribution in [3.05, 3.63) is 0 Å². The molecule has 0 bridgehead atoms. The minimum absolute atomic E-state index is 0.0802. The molecule has 2 unspecified atom stereocenters. The van der Waals surface area contributed by atoms with Crippen LogP contribution in [0.25, 0.3) is 0 Å². The summed E-state index contributed by atoms with van der Waals surface area (Å²) in [6, 6.07) is 0.0930. The summed E-state index contributed by atoms with van der Waals surface area (Å²) in [5, 5.41) is 12.2. The number of carbonyl (C=O) groups excluding carboxylic acids is 1. The van der Waals surface area contributed by atoms with Gasteiger partial charge in [-0.1, -0.05) is 13.3 Å². The maximum atomic E-state index is 11.4. The average Bonchev–Trinajstić information content (AvgIpc) is 2.58. The second-order valence-corrected chi connectivity index (χ2v) is 4.46. The number of ether oxygens (including phenoxy) is 1. The van der Waals surface area contributed by atoms with E-state index in [0.717, 1.165) is 19.3 Å². The number of aliphatic hydroxyl groups excluding tert-OH is 1. The molecule has 1 aliphatic rings. The van der Waals surface area contributed by atoms with Gasteiger partial charge in [0, 0.05) is 18.1 Å². The lowest BCUT2D eigenvalue weighted by molar-refractivity contribution is -0.127. The minimum atomic E-state index is -0.151. The van der Waals surface area contributed by atoms with E-state index >= 15 is 0 Å². The van der Waals surface area contributed by atoms with Crippen molar-refractivity contribution in [3.63, 3.8) is 0 Å². The molecular formula is C11H21NO3. The topological polar surface area (TPSA) is 58.6 Å². The van der Waals surface area contributed by atoms with Crippen LogP contribution >= 0.6 is 0 Å². The van der Waals surface area contributed by atoms with Gasteiger partial charge in [-0.25, -0.2) is 0 Å². The lowest BCUT2D eigenvalue weighted by atomic mass is 9.86. The van der Waals surface area contributed by atoms with E-state index in [1.54, 1.807) is 0 Å². The molecule has 0 saturated heterocycles. The van der Waals surface area contributed by atoms with Crippen LogP contribution in [0.4, 0.5) is 0 Å². The summed E-state index contributed by atoms with van der Waals surface area (Å²) in [4.78, 5) is 11.4. The number of hydrogen-bond acceptors (Lipinski definition) is 3. The van der Waals surface area contributed by atoms with Crippen molar-refractivity contribution in [1.29, 1.82) is 0 Å². The first kappa shape index (κ1) is 12.5. The number of amides is 1. The summed E-state index contributed by atoms with van der Waals surface area (Å²) in [6.07, 6.45) is 2.99. The quantitative estimate of drug-likeness (QED) is 0.709. The maximum absolute atomic E-state index is 11.4. The van der Waals surface area contributed by atoms with Gasteiger partial charge in [0.1, 0.15) is 6.61 Å². The Morgan fingerprint density at radius 1 is 1.67 bits per heavy atom. The Hall–Kier alpha value is -0.610. The molecule has 1 saturated carbocycles. The third-order valence-corrected chi connectivity index (χ3v) is 3.22. The van der Waals surface area contributed by atoms with E-state index in [0.29, 0.717) is 6.61 Å². The fourth-order valence-electron chi connectivity index (χ4n) is 2.10. The van der Waals surface area contributed by atoms with Gasteiger partial charge in [0.25, 0.3) is 0 Å². The van der Waals surface area contributed by atoms with Crippen LogP contribution in [0.5, 0.6) is 0 Å². The Morgan fingerprint density at radius 2 is 2.40 bits per heavy atom. The highest BCUT2D eigenvalue weighted by Crippen LogP contribution is 2.37. The minimum Gasteiger partial charge on any atom is -0.396 e. The van der Waals surface area contributed by atoms with Crippen molar-refractivity contribution in [3.8, 4) is 0 Å². The van der Waals surface area contributed by atoms with E-state index in [9.17, 15) is 9.90 Å². The Balaban J connectivity index is 2.40. The SMILES string of the molecule is CCOCC(=O)NC1CCCC1(C)CO. The third-order valence-electron chi connectivity index (χ3n) is 3.22. The first-order chi connectivity index (χ1) is 7.12. The second kappa shape index (κ2) is 5.47. The molecule has 0 heterocycles. The number of rotatable bonds is 5. The van der Waals surface area contributed by atoms with E-state index in [1.807, 2.05) is 13.8 Å². The molecule has 0 aromatic heterocycles. The summed E-state index contributed by atoms with van der Waals surface area (Å²) < 4.78 is 5.03. The molecule has 1 rings (SSSR count). The first-order valence-electron chi connectivity index (χ1n) is 5.60. The van der Waals surface area contributed by atoms with Crippen molar-refractivity contribution in [2.24, 2.45) is 5.41 Å². The van der Waals surface area contributed by atoms with Crippen LogP contribution < -0.4 is 5.32 Å². The van der Waals surface area contributed by atoms with E-state index in [2.05, 4.69) is 5.32 Å². The predicted octanol–water partition coefficient (Wildman–Crippen LogP) is 0.690. The van der Waals surface area contributed by atoms with Gasteiger partial charge in [-0.15, -0.1) is 0 Å². The monoisotopic (exact) mass is 215 g/mol. The number of carbonyl (C=O) groups is 1. The molecule has 2 N–H and O–H groups in total. The third kappa shape index (κ3) is 3.18. The van der Waals surface area contributed by atoms with Gasteiger partial charge in [0.15, 0.2) is 0 Å². The molecule has 0 spiro atoms. The largest absolute Gasteiger partial charge is 0.396 e. The summed E-state index contributed by atoms with van der Waals surface area (Å²) in [7, 11) is 0. The Kier molecular flexibility index (Phi) is 4.54. The molecule has 0 aromatic rings. The van der Waals surface area contributed by atoms with Crippen molar-refractivity contribution >= 4 is 5.91 Å². The van der Waals surface area contributed by atoms with Gasteiger partial charge >= 0.3 is 0 Å². The molecule has 15 heavy (non-hydrogen) atoms. The lowest BCUT2D eigenvalue weighted by Gasteiger charge is -2.30. The van der Waals surface area contributed by atoms with E-state index < -0.39 is 0 Å². The fraction of sp³-hybridized carbons (Fsp3) is 0.909. The second-order valence-electron chi connectivity index (χ2n) is 4.46. The first-order valence-corrected chi connectivity index (χ1v) is 5.60. The van der Waals surface area contributed by atoms with Crippen LogP contribution in [-0.4, -0.2) is 36.9 Å². The van der Waals surface area contributed by atoms with E-state index in [1.165, 1.54) is 0 Å². The molecule has 1 fully saturated rings. The van der Waals surface area contributed by atoms with Gasteiger partial charge in [-0.2, -0.15) is 0 Å². The normalized spacial score (nSPS) is 30.5. The molecule has 2 atom stereocenters. The summed E-state index contributed by atoms with van der Waals surface area (Å²) in [5.41, 5.74) is -0.151. The highest BCUT2D eigenvalue weighted by Gasteiger charge is 2.38. The summed E-state index contributed by atoms with van der Waals surface area (Å²) in [5.74, 6) is -0.0802. The lowest BCUT2D eigenvalue weighted by Crippen LogP contribution is -2.46. The van der Waals surface area contributed by atoms with Gasteiger partial charge in [0.05, 0.1) is 6.61 Å². The molecule has 0 aromatic carbocycles. The average molecular weight is 215 g/mol. The maximum Gasteiger partial charge on any atom is 0.246 e. The Morgan fingerprint density at radius 3 is 3.00 bits per heavy atom. The Bertz CT molecular complexity index is 220. The molecule has 0 radical (unpaired) electrons. The summed E-state index contributed by atoms with van der Waals surface area (Å²) >= 11 is 0. The van der Waals surface area contributed by atoms with Crippen LogP contribution in [0.3, 0.4) is 0 Å². The molecule has 0 aliphatic heterocycles. The number of hydrogen-bond donors (Lipinski definition) is 2. The van der Waals surface area contributed by atoms with Crippen LogP contribution in [0.2, 0.25) is 0 Å². The molecule has 88 valence electrons. The van der Waals surface area contributed by atoms with Crippen LogP contribution in [0.1, 0.15) is 33.1 Å². The smallest absolute Gasteiger partial charge is 0.246 e. The zero-order chi connectivity index (χ0) is 11.3. The molecule has 4 heteroatoms. The molecule has 1 amide bonds. The zero-order valence-electron chi connectivity index (χ0n) is 9.58. The zero-order valence-corrected chi connectivity index (χ0v) is 9.58. The van der Waals surface area contributed by atoms with Crippen molar-refractivity contribution < 1.29 is 14.6 Å². The highest BCUT2D eigenvalue weighted by atomic mass is 16.5. The molecule has 4 nitrogen and oxygen atoms in total. The molecular weight excluding hydrogens is 194 g/mol. The van der Waals surface area contributed by atoms with Crippen molar-refractivity contribution in [2.45, 2.75) is 39.2 Å². The van der Waals surface area contributed by atoms with Crippen molar-refractivity contribution in [2.75, 3.05) is 19.8 Å². The van der Waals surface area contributed by atoms with Crippen LogP contribution in [-0.2, 0) is 9.53 Å². The van der Waals surface area contributed by atoms with Gasteiger partial charge in [0.2, 0.25) is 5.91 Å². The van der Waals surface area contributed by atoms with Gasteiger partial charge < -0.3 is 15.2 Å². The summed E-state index contributed by atoms with van der Waals surface area (Å²) in [6.45, 7) is 4.68. The van der Waals surface area contributed by atoms with Gasteiger partial charge in [-0.05, 0) is 19.8 Å². The Labute approximate surface area is 91.0 Å². The van der Waals surface area contributed by atoms with Crippen LogP contribution in [0, 0.1) is 5.41 Å². The highest BCUT2D eigenvalue weighted by molar-refractivity contribution is 5.77. The van der Waals surface area contributed by atoms with Crippen LogP contribution in [0.15, 0.2) is 0 Å². The van der Waals surface area contributed by atoms with Gasteiger partial charge in [-0.3, -0.25) is 4.79 Å². The molecule has 1 aliphatic carbocycles.